The summed E-state index contributed by atoms with van der Waals surface area (Å²) < 4.78 is 2.91. The smallest absolute Gasteiger partial charge is 0.336 e. The highest BCUT2D eigenvalue weighted by Gasteiger charge is 2.09. The first-order chi connectivity index (χ1) is 9.86. The zero-order chi connectivity index (χ0) is 16.0. The number of rotatable bonds is 8. The van der Waals surface area contributed by atoms with E-state index in [1.165, 1.54) is 25.9 Å². The van der Waals surface area contributed by atoms with Crippen molar-refractivity contribution in [2.45, 2.75) is 25.8 Å². The van der Waals surface area contributed by atoms with Gasteiger partial charge < -0.3 is 5.73 Å². The van der Waals surface area contributed by atoms with E-state index in [0.29, 0.717) is 12.2 Å². The fourth-order valence-corrected chi connectivity index (χ4v) is 2.60. The molecule has 9 heteroatoms. The van der Waals surface area contributed by atoms with Gasteiger partial charge in [-0.2, -0.15) is 11.8 Å². The van der Waals surface area contributed by atoms with Crippen LogP contribution in [0.4, 0.5) is 0 Å². The molecule has 0 spiro atoms. The molecule has 1 heterocycles. The van der Waals surface area contributed by atoms with Crippen molar-refractivity contribution in [1.82, 2.24) is 13.7 Å². The van der Waals surface area contributed by atoms with Gasteiger partial charge in [-0.1, -0.05) is 6.42 Å². The SMILES string of the molecule is Cn1c(=O)n(C)c(=O)n(CCCCCSCC(N)=O)c1=O. The van der Waals surface area contributed by atoms with Gasteiger partial charge in [-0.15, -0.1) is 0 Å². The summed E-state index contributed by atoms with van der Waals surface area (Å²) in [6.45, 7) is 0.278. The average molecular weight is 316 g/mol. The van der Waals surface area contributed by atoms with Crippen LogP contribution in [-0.2, 0) is 25.4 Å². The van der Waals surface area contributed by atoms with E-state index in [2.05, 4.69) is 0 Å². The van der Waals surface area contributed by atoms with Gasteiger partial charge in [0.1, 0.15) is 0 Å². The predicted molar refractivity (Wildman–Crippen MR) is 81.6 cm³/mol. The Bertz CT molecular complexity index is 633. The fraction of sp³-hybridized carbons (Fsp3) is 0.667. The molecule has 1 aromatic rings. The second-order valence-electron chi connectivity index (χ2n) is 4.70. The van der Waals surface area contributed by atoms with E-state index in [0.717, 1.165) is 32.3 Å². The minimum absolute atomic E-state index is 0.278. The van der Waals surface area contributed by atoms with Crippen LogP contribution in [0.15, 0.2) is 14.4 Å². The number of nitrogens with two attached hydrogens (primary N) is 1. The maximum atomic E-state index is 11.9. The molecule has 0 aromatic carbocycles. The van der Waals surface area contributed by atoms with Gasteiger partial charge in [-0.25, -0.2) is 28.1 Å². The molecule has 1 amide bonds. The lowest BCUT2D eigenvalue weighted by molar-refractivity contribution is -0.115. The van der Waals surface area contributed by atoms with Crippen LogP contribution in [0.5, 0.6) is 0 Å². The molecule has 0 saturated heterocycles. The quantitative estimate of drug-likeness (QED) is 0.595. The lowest BCUT2D eigenvalue weighted by Crippen LogP contribution is -2.52. The second-order valence-corrected chi connectivity index (χ2v) is 5.80. The third-order valence-electron chi connectivity index (χ3n) is 3.02. The van der Waals surface area contributed by atoms with Crippen LogP contribution in [0.2, 0.25) is 0 Å². The third-order valence-corrected chi connectivity index (χ3v) is 4.09. The molecule has 0 atom stereocenters. The van der Waals surface area contributed by atoms with E-state index in [9.17, 15) is 19.2 Å². The van der Waals surface area contributed by atoms with E-state index in [4.69, 9.17) is 5.73 Å². The Balaban J connectivity index is 2.54. The molecule has 8 nitrogen and oxygen atoms in total. The van der Waals surface area contributed by atoms with Crippen LogP contribution in [0, 0.1) is 0 Å². The maximum Gasteiger partial charge on any atom is 0.336 e. The summed E-state index contributed by atoms with van der Waals surface area (Å²) >= 11 is 1.47. The summed E-state index contributed by atoms with van der Waals surface area (Å²) in [5, 5.41) is 0. The summed E-state index contributed by atoms with van der Waals surface area (Å²) in [5.41, 5.74) is 3.22. The number of nitrogens with zero attached hydrogens (tertiary/aromatic N) is 3. The first-order valence-electron chi connectivity index (χ1n) is 6.59. The summed E-state index contributed by atoms with van der Waals surface area (Å²) in [6.07, 6.45) is 2.35. The fourth-order valence-electron chi connectivity index (χ4n) is 1.85. The van der Waals surface area contributed by atoms with Crippen molar-refractivity contribution in [3.63, 3.8) is 0 Å². The highest BCUT2D eigenvalue weighted by Crippen LogP contribution is 2.05. The normalized spacial score (nSPS) is 10.8. The Kier molecular flexibility index (Phi) is 6.47. The number of amides is 1. The Labute approximate surface area is 125 Å². The van der Waals surface area contributed by atoms with Gasteiger partial charge in [0.25, 0.3) is 0 Å². The first-order valence-corrected chi connectivity index (χ1v) is 7.74. The molecule has 0 aliphatic heterocycles. The van der Waals surface area contributed by atoms with Crippen molar-refractivity contribution in [3.05, 3.63) is 31.5 Å². The maximum absolute atomic E-state index is 11.9. The largest absolute Gasteiger partial charge is 0.369 e. The Morgan fingerprint density at radius 3 is 2.10 bits per heavy atom. The van der Waals surface area contributed by atoms with E-state index in [1.807, 2.05) is 0 Å². The lowest BCUT2D eigenvalue weighted by atomic mass is 10.2. The van der Waals surface area contributed by atoms with Crippen LogP contribution in [0.3, 0.4) is 0 Å². The van der Waals surface area contributed by atoms with Crippen molar-refractivity contribution in [2.75, 3.05) is 11.5 Å². The van der Waals surface area contributed by atoms with Gasteiger partial charge in [0.15, 0.2) is 0 Å². The van der Waals surface area contributed by atoms with Crippen molar-refractivity contribution in [1.29, 1.82) is 0 Å². The predicted octanol–water partition coefficient (Wildman–Crippen LogP) is -1.37. The Hall–Kier alpha value is -1.77. The van der Waals surface area contributed by atoms with Crippen LogP contribution in [0.25, 0.3) is 0 Å². The molecular weight excluding hydrogens is 296 g/mol. The van der Waals surface area contributed by atoms with Crippen molar-refractivity contribution in [3.8, 4) is 0 Å². The summed E-state index contributed by atoms with van der Waals surface area (Å²) in [5.74, 6) is 0.782. The molecule has 0 saturated carbocycles. The first kappa shape index (κ1) is 17.3. The number of carbonyl (C=O) groups is 1. The monoisotopic (exact) mass is 316 g/mol. The number of carbonyl (C=O) groups excluding carboxylic acids is 1. The number of primary amides is 1. The van der Waals surface area contributed by atoms with Crippen LogP contribution in [-0.4, -0.2) is 31.1 Å². The van der Waals surface area contributed by atoms with Gasteiger partial charge in [0, 0.05) is 20.6 Å². The average Bonchev–Trinajstić information content (AvgIpc) is 2.45. The second kappa shape index (κ2) is 7.87. The van der Waals surface area contributed by atoms with Crippen LogP contribution < -0.4 is 22.8 Å². The molecule has 0 fully saturated rings. The highest BCUT2D eigenvalue weighted by atomic mass is 32.2. The molecule has 0 aliphatic rings. The molecule has 0 radical (unpaired) electrons. The van der Waals surface area contributed by atoms with E-state index in [-0.39, 0.29) is 12.5 Å². The van der Waals surface area contributed by atoms with E-state index >= 15 is 0 Å². The Morgan fingerprint density at radius 2 is 1.57 bits per heavy atom. The van der Waals surface area contributed by atoms with Gasteiger partial charge in [0.05, 0.1) is 5.75 Å². The molecule has 1 rings (SSSR count). The molecule has 0 unspecified atom stereocenters. The number of hydrogen-bond acceptors (Lipinski definition) is 5. The van der Waals surface area contributed by atoms with Crippen LogP contribution >= 0.6 is 11.8 Å². The molecule has 2 N–H and O–H groups in total. The van der Waals surface area contributed by atoms with Crippen molar-refractivity contribution < 1.29 is 4.79 Å². The number of aromatic nitrogens is 3. The number of unbranched alkanes of at least 4 members (excludes halogenated alkanes) is 2. The standard InChI is InChI=1S/C12H20N4O4S/c1-14-10(18)15(2)12(20)16(11(14)19)6-4-3-5-7-21-8-9(13)17/h3-8H2,1-2H3,(H2,13,17). The number of thioether (sulfide) groups is 1. The summed E-state index contributed by atoms with van der Waals surface area (Å²) in [7, 11) is 2.70. The lowest BCUT2D eigenvalue weighted by Gasteiger charge is -2.08. The zero-order valence-electron chi connectivity index (χ0n) is 12.2. The van der Waals surface area contributed by atoms with Crippen molar-refractivity contribution >= 4 is 17.7 Å². The zero-order valence-corrected chi connectivity index (χ0v) is 13.0. The van der Waals surface area contributed by atoms with E-state index < -0.39 is 17.1 Å². The molecule has 21 heavy (non-hydrogen) atoms. The van der Waals surface area contributed by atoms with Gasteiger partial charge in [-0.3, -0.25) is 4.79 Å². The molecule has 1 aromatic heterocycles. The molecular formula is C12H20N4O4S. The minimum atomic E-state index is -0.621. The highest BCUT2D eigenvalue weighted by molar-refractivity contribution is 7.99. The van der Waals surface area contributed by atoms with Gasteiger partial charge in [0.2, 0.25) is 5.91 Å². The molecule has 0 bridgehead atoms. The summed E-state index contributed by atoms with van der Waals surface area (Å²) in [4.78, 5) is 45.8. The Morgan fingerprint density at radius 1 is 1.00 bits per heavy atom. The third kappa shape index (κ3) is 4.62. The van der Waals surface area contributed by atoms with E-state index in [1.54, 1.807) is 0 Å². The molecule has 118 valence electrons. The van der Waals surface area contributed by atoms with Crippen LogP contribution in [0.1, 0.15) is 19.3 Å². The number of hydrogen-bond donors (Lipinski definition) is 1. The summed E-state index contributed by atoms with van der Waals surface area (Å²) in [6, 6.07) is 0. The van der Waals surface area contributed by atoms with Crippen molar-refractivity contribution in [2.24, 2.45) is 19.8 Å². The van der Waals surface area contributed by atoms with Gasteiger partial charge in [-0.05, 0) is 18.6 Å². The minimum Gasteiger partial charge on any atom is -0.369 e. The topological polar surface area (TPSA) is 109 Å². The molecule has 0 aliphatic carbocycles. The van der Waals surface area contributed by atoms with Gasteiger partial charge >= 0.3 is 17.1 Å².